The molecule has 11 aromatic rings. The number of thiophene rings is 2. The first-order valence-electron chi connectivity index (χ1n) is 16.1. The number of para-hydroxylation sites is 2. The van der Waals surface area contributed by atoms with Crippen molar-refractivity contribution < 1.29 is 0 Å². The van der Waals surface area contributed by atoms with Crippen molar-refractivity contribution in [1.82, 2.24) is 24.5 Å². The smallest absolute Gasteiger partial charge is 0.160 e. The molecule has 0 amide bonds. The lowest BCUT2D eigenvalue weighted by molar-refractivity contribution is 1.18. The van der Waals surface area contributed by atoms with Crippen LogP contribution in [-0.4, -0.2) is 24.5 Å². The highest BCUT2D eigenvalue weighted by Crippen LogP contribution is 2.51. The summed E-state index contributed by atoms with van der Waals surface area (Å²) in [6.45, 7) is 0. The van der Waals surface area contributed by atoms with Crippen molar-refractivity contribution in [1.29, 1.82) is 0 Å². The largest absolute Gasteiger partial charge is 0.308 e. The molecule has 0 unspecified atom stereocenters. The normalized spacial score (nSPS) is 12.1. The van der Waals surface area contributed by atoms with Crippen LogP contribution < -0.4 is 0 Å². The topological polar surface area (TPSA) is 56.5 Å². The van der Waals surface area contributed by atoms with Gasteiger partial charge in [0, 0.05) is 69.4 Å². The maximum absolute atomic E-state index is 5.13. The Morgan fingerprint density at radius 3 is 2.12 bits per heavy atom. The van der Waals surface area contributed by atoms with Crippen molar-refractivity contribution in [2.45, 2.75) is 0 Å². The summed E-state index contributed by atoms with van der Waals surface area (Å²) in [5, 5.41) is 7.33. The molecule has 5 nitrogen and oxygen atoms in total. The van der Waals surface area contributed by atoms with E-state index in [1.165, 1.54) is 52.1 Å². The van der Waals surface area contributed by atoms with Gasteiger partial charge in [-0.15, -0.1) is 22.7 Å². The molecule has 0 saturated heterocycles. The van der Waals surface area contributed by atoms with Crippen LogP contribution in [0.25, 0.3) is 102 Å². The van der Waals surface area contributed by atoms with Crippen molar-refractivity contribution in [2.75, 3.05) is 0 Å². The van der Waals surface area contributed by atoms with E-state index in [4.69, 9.17) is 15.0 Å². The third kappa shape index (κ3) is 3.85. The first-order chi connectivity index (χ1) is 24.3. The lowest BCUT2D eigenvalue weighted by Gasteiger charge is -2.12. The zero-order chi connectivity index (χ0) is 32.1. The summed E-state index contributed by atoms with van der Waals surface area (Å²) in [6.07, 6.45) is 3.62. The molecule has 0 fully saturated rings. The van der Waals surface area contributed by atoms with Gasteiger partial charge in [-0.1, -0.05) is 84.9 Å². The SMILES string of the molecule is c1ccc(-c2nc(-c3ccc(-n4c5ccccc5c5c6sc7ccccc7c6c6sc7cncnc7c6c54)cc3)nc3ccccc23)cc1. The van der Waals surface area contributed by atoms with Crippen molar-refractivity contribution in [3.05, 3.63) is 140 Å². The summed E-state index contributed by atoms with van der Waals surface area (Å²) < 4.78 is 7.38. The molecule has 0 N–H and O–H groups in total. The van der Waals surface area contributed by atoms with E-state index >= 15 is 0 Å². The summed E-state index contributed by atoms with van der Waals surface area (Å²) in [6, 6.07) is 44.8. The van der Waals surface area contributed by atoms with Gasteiger partial charge in [0.15, 0.2) is 5.82 Å². The van der Waals surface area contributed by atoms with E-state index in [1.54, 1.807) is 17.7 Å². The molecule has 0 aliphatic heterocycles. The van der Waals surface area contributed by atoms with Crippen LogP contribution in [0.4, 0.5) is 0 Å². The molecule has 6 aromatic carbocycles. The van der Waals surface area contributed by atoms with E-state index < -0.39 is 0 Å². The van der Waals surface area contributed by atoms with E-state index in [0.29, 0.717) is 5.82 Å². The summed E-state index contributed by atoms with van der Waals surface area (Å²) in [5.41, 5.74) is 8.34. The molecule has 0 spiro atoms. The minimum atomic E-state index is 0.709. The van der Waals surface area contributed by atoms with Crippen LogP contribution in [-0.2, 0) is 0 Å². The number of fused-ring (bicyclic) bond motifs is 13. The van der Waals surface area contributed by atoms with E-state index in [1.807, 2.05) is 35.7 Å². The molecular weight excluding hydrogens is 639 g/mol. The molecule has 7 heteroatoms. The second kappa shape index (κ2) is 10.2. The fraction of sp³-hybridized carbons (Fsp3) is 0. The lowest BCUT2D eigenvalue weighted by Crippen LogP contribution is -1.97. The highest BCUT2D eigenvalue weighted by atomic mass is 32.1. The lowest BCUT2D eigenvalue weighted by atomic mass is 10.0. The van der Waals surface area contributed by atoms with Gasteiger partial charge in [0.05, 0.1) is 32.5 Å². The van der Waals surface area contributed by atoms with Crippen LogP contribution in [0.5, 0.6) is 0 Å². The number of benzene rings is 6. The van der Waals surface area contributed by atoms with E-state index in [2.05, 4.69) is 119 Å². The van der Waals surface area contributed by atoms with Crippen molar-refractivity contribution in [3.63, 3.8) is 0 Å². The molecule has 0 bridgehead atoms. The van der Waals surface area contributed by atoms with Gasteiger partial charge in [0.25, 0.3) is 0 Å². The van der Waals surface area contributed by atoms with Gasteiger partial charge in [-0.2, -0.15) is 0 Å². The third-order valence-electron chi connectivity index (χ3n) is 9.55. The highest BCUT2D eigenvalue weighted by molar-refractivity contribution is 7.30. The average molecular weight is 662 g/mol. The second-order valence-corrected chi connectivity index (χ2v) is 14.4. The van der Waals surface area contributed by atoms with Crippen LogP contribution in [0, 0.1) is 0 Å². The molecule has 11 rings (SSSR count). The maximum atomic E-state index is 5.13. The molecule has 0 atom stereocenters. The molecule has 0 aliphatic carbocycles. The van der Waals surface area contributed by atoms with Gasteiger partial charge >= 0.3 is 0 Å². The van der Waals surface area contributed by atoms with Crippen LogP contribution in [0.2, 0.25) is 0 Å². The van der Waals surface area contributed by atoms with Crippen LogP contribution in [0.3, 0.4) is 0 Å². The number of nitrogens with zero attached hydrogens (tertiary/aromatic N) is 5. The maximum Gasteiger partial charge on any atom is 0.160 e. The third-order valence-corrected chi connectivity index (χ3v) is 11.9. The summed E-state index contributed by atoms with van der Waals surface area (Å²) in [4.78, 5) is 19.4. The Morgan fingerprint density at radius 2 is 1.24 bits per heavy atom. The predicted octanol–water partition coefficient (Wildman–Crippen LogP) is 11.6. The standard InChI is InChI=1S/C42H23N5S2/c1-2-10-24(11-3-1)37-27-12-4-7-15-30(27)45-42(46-37)25-18-20-26(21-19-25)47-31-16-8-5-13-28(31)34-39(47)36-38-33(22-43-23-44-38)49-41(36)35-29-14-6-9-17-32(29)48-40(34)35/h1-23H. The monoisotopic (exact) mass is 661 g/mol. The second-order valence-electron chi connectivity index (χ2n) is 12.2. The number of aromatic nitrogens is 5. The Balaban J connectivity index is 1.20. The first-order valence-corrected chi connectivity index (χ1v) is 17.8. The van der Waals surface area contributed by atoms with Crippen LogP contribution in [0.15, 0.2) is 140 Å². The van der Waals surface area contributed by atoms with Crippen LogP contribution >= 0.6 is 22.7 Å². The minimum Gasteiger partial charge on any atom is -0.308 e. The Morgan fingerprint density at radius 1 is 0.531 bits per heavy atom. The molecule has 0 radical (unpaired) electrons. The highest BCUT2D eigenvalue weighted by Gasteiger charge is 2.25. The van der Waals surface area contributed by atoms with Crippen molar-refractivity contribution >= 4 is 95.9 Å². The Hall–Kier alpha value is -6.02. The van der Waals surface area contributed by atoms with Gasteiger partial charge in [0.1, 0.15) is 6.33 Å². The fourth-order valence-corrected chi connectivity index (χ4v) is 9.97. The number of hydrogen-bond donors (Lipinski definition) is 0. The zero-order valence-electron chi connectivity index (χ0n) is 25.8. The van der Waals surface area contributed by atoms with Gasteiger partial charge in [-0.05, 0) is 42.5 Å². The van der Waals surface area contributed by atoms with E-state index in [9.17, 15) is 0 Å². The molecular formula is C42H23N5S2. The van der Waals surface area contributed by atoms with Gasteiger partial charge in [0.2, 0.25) is 0 Å². The van der Waals surface area contributed by atoms with E-state index in [-0.39, 0.29) is 0 Å². The Labute approximate surface area is 287 Å². The van der Waals surface area contributed by atoms with Crippen molar-refractivity contribution in [3.8, 4) is 28.3 Å². The Kier molecular flexibility index (Phi) is 5.64. The van der Waals surface area contributed by atoms with E-state index in [0.717, 1.165) is 43.6 Å². The molecule has 0 saturated carbocycles. The predicted molar refractivity (Wildman–Crippen MR) is 206 cm³/mol. The zero-order valence-corrected chi connectivity index (χ0v) is 27.5. The molecule has 0 aliphatic rings. The van der Waals surface area contributed by atoms with Crippen molar-refractivity contribution in [2.24, 2.45) is 0 Å². The molecule has 5 heterocycles. The molecule has 5 aromatic heterocycles. The summed E-state index contributed by atoms with van der Waals surface area (Å²) >= 11 is 3.67. The van der Waals surface area contributed by atoms with Gasteiger partial charge in [-0.3, -0.25) is 0 Å². The summed E-state index contributed by atoms with van der Waals surface area (Å²) in [5.74, 6) is 0.709. The van der Waals surface area contributed by atoms with Gasteiger partial charge in [-0.25, -0.2) is 19.9 Å². The minimum absolute atomic E-state index is 0.709. The number of rotatable bonds is 3. The quantitative estimate of drug-likeness (QED) is 0.189. The molecule has 228 valence electrons. The average Bonchev–Trinajstić information content (AvgIpc) is 3.84. The Bertz CT molecular complexity index is 3070. The van der Waals surface area contributed by atoms with Crippen LogP contribution in [0.1, 0.15) is 0 Å². The number of hydrogen-bond acceptors (Lipinski definition) is 6. The molecule has 49 heavy (non-hydrogen) atoms. The fourth-order valence-electron chi connectivity index (χ4n) is 7.45. The van der Waals surface area contributed by atoms with Gasteiger partial charge < -0.3 is 4.57 Å². The summed E-state index contributed by atoms with van der Waals surface area (Å²) in [7, 11) is 0. The first kappa shape index (κ1) is 27.0.